The lowest BCUT2D eigenvalue weighted by Crippen LogP contribution is -2.28. The van der Waals surface area contributed by atoms with Crippen LogP contribution in [0.15, 0.2) is 24.3 Å². The van der Waals surface area contributed by atoms with Gasteiger partial charge in [0.25, 0.3) is 0 Å². The van der Waals surface area contributed by atoms with Gasteiger partial charge in [0.05, 0.1) is 6.42 Å². The van der Waals surface area contributed by atoms with Crippen molar-refractivity contribution in [3.05, 3.63) is 29.8 Å². The van der Waals surface area contributed by atoms with Crippen molar-refractivity contribution >= 4 is 17.6 Å². The second kappa shape index (κ2) is 5.67. The summed E-state index contributed by atoms with van der Waals surface area (Å²) in [6, 6.07) is 7.20. The van der Waals surface area contributed by atoms with Crippen molar-refractivity contribution in [1.82, 2.24) is 0 Å². The molecule has 0 aliphatic rings. The minimum absolute atomic E-state index is 0.0532. The first-order valence-electron chi connectivity index (χ1n) is 5.90. The van der Waals surface area contributed by atoms with E-state index in [1.807, 2.05) is 26.8 Å². The van der Waals surface area contributed by atoms with E-state index in [1.54, 1.807) is 18.2 Å². The van der Waals surface area contributed by atoms with Gasteiger partial charge in [-0.1, -0.05) is 39.0 Å². The number of nitrogens with one attached hydrogen (secondary N) is 1. The van der Waals surface area contributed by atoms with Crippen molar-refractivity contribution in [2.75, 3.05) is 5.32 Å². The number of hydrogen-bond donors (Lipinski definition) is 1. The molecule has 0 saturated carbocycles. The fraction of sp³-hybridized carbons (Fsp3) is 0.429. The van der Waals surface area contributed by atoms with Crippen LogP contribution in [-0.2, 0) is 21.1 Å². The van der Waals surface area contributed by atoms with E-state index < -0.39 is 11.4 Å². The maximum Gasteiger partial charge on any atom is 0.355 e. The van der Waals surface area contributed by atoms with Crippen molar-refractivity contribution in [2.24, 2.45) is 5.41 Å². The van der Waals surface area contributed by atoms with Crippen LogP contribution < -0.4 is 5.32 Å². The Bertz CT molecular complexity index is 447. The molecule has 0 saturated heterocycles. The third-order valence-corrected chi connectivity index (χ3v) is 2.55. The number of rotatable bonds is 4. The first kappa shape index (κ1) is 14.2. The van der Waals surface area contributed by atoms with Crippen LogP contribution in [0.2, 0.25) is 0 Å². The maximum absolute atomic E-state index is 11.9. The van der Waals surface area contributed by atoms with Crippen LogP contribution >= 0.6 is 0 Å². The molecule has 0 aliphatic carbocycles. The van der Waals surface area contributed by atoms with Gasteiger partial charge in [-0.3, -0.25) is 4.79 Å². The Kier molecular flexibility index (Phi) is 4.48. The van der Waals surface area contributed by atoms with Gasteiger partial charge in [0.1, 0.15) is 0 Å². The molecule has 1 N–H and O–H groups in total. The van der Waals surface area contributed by atoms with Crippen LogP contribution in [0.3, 0.4) is 0 Å². The average molecular weight is 248 g/mol. The van der Waals surface area contributed by atoms with Gasteiger partial charge < -0.3 is 5.32 Å². The van der Waals surface area contributed by atoms with Gasteiger partial charge in [0, 0.05) is 11.1 Å². The smallest absolute Gasteiger partial charge is 0.325 e. The number of carbonyl (C=O) groups excluding carboxylic acids is 2. The summed E-state index contributed by atoms with van der Waals surface area (Å²) in [5, 5.41) is 13.3. The van der Waals surface area contributed by atoms with Gasteiger partial charge in [-0.25, -0.2) is 9.90 Å². The number of para-hydroxylation sites is 1. The molecule has 0 aromatic heterocycles. The molecule has 97 valence electrons. The molecule has 1 rings (SSSR count). The highest BCUT2D eigenvalue weighted by molar-refractivity contribution is 5.95. The lowest BCUT2D eigenvalue weighted by atomic mass is 9.95. The summed E-state index contributed by atoms with van der Waals surface area (Å²) in [5.74, 6) is -1.18. The van der Waals surface area contributed by atoms with Gasteiger partial charge in [0.2, 0.25) is 5.91 Å². The van der Waals surface area contributed by atoms with Crippen LogP contribution in [-0.4, -0.2) is 11.9 Å². The lowest BCUT2D eigenvalue weighted by Gasteiger charge is -2.19. The first-order chi connectivity index (χ1) is 8.30. The minimum Gasteiger partial charge on any atom is -0.325 e. The van der Waals surface area contributed by atoms with E-state index in [1.165, 1.54) is 0 Å². The predicted molar refractivity (Wildman–Crippen MR) is 68.5 cm³/mol. The minimum atomic E-state index is -1.09. The summed E-state index contributed by atoms with van der Waals surface area (Å²) in [5.41, 5.74) is 0.986. The fourth-order valence-electron chi connectivity index (χ4n) is 1.41. The summed E-state index contributed by atoms with van der Waals surface area (Å²) < 4.78 is 0. The number of carbonyl (C=O) groups is 2. The Labute approximate surface area is 107 Å². The third-order valence-electron chi connectivity index (χ3n) is 2.55. The molecule has 1 aromatic carbocycles. The quantitative estimate of drug-likeness (QED) is 0.889. The predicted octanol–water partition coefficient (Wildman–Crippen LogP) is 2.56. The van der Waals surface area contributed by atoms with E-state index in [9.17, 15) is 14.7 Å². The summed E-state index contributed by atoms with van der Waals surface area (Å²) >= 11 is 0. The molecular formula is C14H18NO3. The Morgan fingerprint density at radius 3 is 2.33 bits per heavy atom. The van der Waals surface area contributed by atoms with E-state index in [2.05, 4.69) is 5.32 Å². The number of aryl methyl sites for hydroxylation is 1. The highest BCUT2D eigenvalue weighted by atomic mass is 16.4. The van der Waals surface area contributed by atoms with Gasteiger partial charge in [0.15, 0.2) is 0 Å². The van der Waals surface area contributed by atoms with Crippen LogP contribution in [0.1, 0.15) is 32.8 Å². The fourth-order valence-corrected chi connectivity index (χ4v) is 1.41. The monoisotopic (exact) mass is 248 g/mol. The largest absolute Gasteiger partial charge is 0.355 e. The molecule has 4 nitrogen and oxygen atoms in total. The van der Waals surface area contributed by atoms with Crippen molar-refractivity contribution in [2.45, 2.75) is 33.6 Å². The molecular weight excluding hydrogens is 230 g/mol. The molecule has 4 heteroatoms. The SMILES string of the molecule is CC(C)(C)C(=O)Nc1ccccc1CCC([O])=O. The summed E-state index contributed by atoms with van der Waals surface area (Å²) in [6.07, 6.45) is 0.297. The number of anilines is 1. The Morgan fingerprint density at radius 1 is 1.17 bits per heavy atom. The Morgan fingerprint density at radius 2 is 1.78 bits per heavy atom. The zero-order valence-electron chi connectivity index (χ0n) is 10.9. The zero-order valence-corrected chi connectivity index (χ0v) is 10.9. The van der Waals surface area contributed by atoms with Gasteiger partial charge in [-0.15, -0.1) is 0 Å². The number of hydrogen-bond acceptors (Lipinski definition) is 2. The maximum atomic E-state index is 11.9. The molecule has 1 aromatic rings. The Hall–Kier alpha value is -1.84. The highest BCUT2D eigenvalue weighted by Gasteiger charge is 2.21. The Balaban J connectivity index is 2.82. The highest BCUT2D eigenvalue weighted by Crippen LogP contribution is 2.21. The van der Waals surface area contributed by atoms with Crippen LogP contribution in [0.5, 0.6) is 0 Å². The van der Waals surface area contributed by atoms with Gasteiger partial charge in [-0.2, -0.15) is 0 Å². The standard InChI is InChI=1S/C14H18NO3/c1-14(2,3)13(18)15-11-7-5-4-6-10(11)8-9-12(16)17/h4-7H,8-9H2,1-3H3,(H,15,18). The normalized spacial score (nSPS) is 11.1. The zero-order chi connectivity index (χ0) is 13.8. The van der Waals surface area contributed by atoms with Crippen molar-refractivity contribution in [1.29, 1.82) is 0 Å². The third kappa shape index (κ3) is 4.20. The topological polar surface area (TPSA) is 66.1 Å². The molecule has 18 heavy (non-hydrogen) atoms. The second-order valence-corrected chi connectivity index (χ2v) is 5.23. The van der Waals surface area contributed by atoms with Crippen molar-refractivity contribution in [3.63, 3.8) is 0 Å². The molecule has 0 aliphatic heterocycles. The lowest BCUT2D eigenvalue weighted by molar-refractivity contribution is -0.143. The average Bonchev–Trinajstić information content (AvgIpc) is 2.26. The molecule has 0 bridgehead atoms. The van der Waals surface area contributed by atoms with E-state index in [-0.39, 0.29) is 12.3 Å². The van der Waals surface area contributed by atoms with E-state index in [0.29, 0.717) is 12.1 Å². The summed E-state index contributed by atoms with van der Waals surface area (Å²) in [4.78, 5) is 22.4. The number of amides is 1. The molecule has 0 heterocycles. The summed E-state index contributed by atoms with van der Waals surface area (Å²) in [6.45, 7) is 5.48. The first-order valence-corrected chi connectivity index (χ1v) is 5.90. The number of benzene rings is 1. The second-order valence-electron chi connectivity index (χ2n) is 5.23. The van der Waals surface area contributed by atoms with Crippen molar-refractivity contribution in [3.8, 4) is 0 Å². The van der Waals surface area contributed by atoms with Crippen LogP contribution in [0, 0.1) is 5.41 Å². The van der Waals surface area contributed by atoms with Gasteiger partial charge in [-0.05, 0) is 18.1 Å². The molecule has 1 radical (unpaired) electrons. The summed E-state index contributed by atoms with van der Waals surface area (Å²) in [7, 11) is 0. The molecule has 0 fully saturated rings. The van der Waals surface area contributed by atoms with Crippen LogP contribution in [0.25, 0.3) is 0 Å². The van der Waals surface area contributed by atoms with E-state index in [4.69, 9.17) is 0 Å². The van der Waals surface area contributed by atoms with E-state index >= 15 is 0 Å². The van der Waals surface area contributed by atoms with Crippen molar-refractivity contribution < 1.29 is 14.7 Å². The van der Waals surface area contributed by atoms with Crippen LogP contribution in [0.4, 0.5) is 5.69 Å². The molecule has 0 atom stereocenters. The molecule has 0 unspecified atom stereocenters. The van der Waals surface area contributed by atoms with E-state index in [0.717, 1.165) is 5.56 Å². The molecule has 1 amide bonds. The van der Waals surface area contributed by atoms with Gasteiger partial charge >= 0.3 is 5.97 Å². The molecule has 0 spiro atoms.